The van der Waals surface area contributed by atoms with E-state index in [1.54, 1.807) is 30.5 Å². The Hall–Kier alpha value is -2.70. The molecule has 0 spiro atoms. The number of aromatic nitrogens is 3. The lowest BCUT2D eigenvalue weighted by molar-refractivity contribution is -0.122. The Morgan fingerprint density at radius 2 is 2.04 bits per heavy atom. The molecule has 0 unspecified atom stereocenters. The fraction of sp³-hybridized carbons (Fsp3) is 0.444. The molecule has 7 nitrogen and oxygen atoms in total. The number of amides is 1. The van der Waals surface area contributed by atoms with E-state index < -0.39 is 5.41 Å². The first-order valence-electron chi connectivity index (χ1n) is 8.36. The summed E-state index contributed by atoms with van der Waals surface area (Å²) in [6.07, 6.45) is 4.25. The topological polar surface area (TPSA) is 80.2 Å². The van der Waals surface area contributed by atoms with Crippen molar-refractivity contribution in [1.29, 1.82) is 0 Å². The number of rotatable bonds is 5. The van der Waals surface area contributed by atoms with Crippen molar-refractivity contribution in [2.75, 3.05) is 17.3 Å². The Balaban J connectivity index is 1.95. The maximum absolute atomic E-state index is 12.8. The predicted octanol–water partition coefficient (Wildman–Crippen LogP) is 3.05. The minimum absolute atomic E-state index is 0.0643. The summed E-state index contributed by atoms with van der Waals surface area (Å²) in [5.41, 5.74) is 0.995. The van der Waals surface area contributed by atoms with E-state index in [9.17, 15) is 4.79 Å². The number of hydrogen-bond donors (Lipinski definition) is 1. The van der Waals surface area contributed by atoms with Gasteiger partial charge in [0.15, 0.2) is 0 Å². The molecule has 0 bridgehead atoms. The SMILES string of the molecule is CC[C@H](C)N1C(=O)C(C)(C)c2cnc(Nc3ccc(OC)nc3)nc21. The van der Waals surface area contributed by atoms with Gasteiger partial charge >= 0.3 is 0 Å². The number of nitrogens with zero attached hydrogens (tertiary/aromatic N) is 4. The van der Waals surface area contributed by atoms with Gasteiger partial charge in [0.2, 0.25) is 17.7 Å². The molecule has 0 saturated heterocycles. The van der Waals surface area contributed by atoms with Gasteiger partial charge in [-0.3, -0.25) is 9.69 Å². The monoisotopic (exact) mass is 341 g/mol. The van der Waals surface area contributed by atoms with Crippen LogP contribution in [0.3, 0.4) is 0 Å². The smallest absolute Gasteiger partial charge is 0.238 e. The van der Waals surface area contributed by atoms with E-state index in [-0.39, 0.29) is 11.9 Å². The molecule has 25 heavy (non-hydrogen) atoms. The van der Waals surface area contributed by atoms with Crippen molar-refractivity contribution in [1.82, 2.24) is 15.0 Å². The van der Waals surface area contributed by atoms with Crippen molar-refractivity contribution < 1.29 is 9.53 Å². The molecule has 1 aliphatic heterocycles. The van der Waals surface area contributed by atoms with Crippen LogP contribution in [0.1, 0.15) is 39.7 Å². The second-order valence-electron chi connectivity index (χ2n) is 6.70. The van der Waals surface area contributed by atoms with Gasteiger partial charge in [0.25, 0.3) is 0 Å². The standard InChI is InChI=1S/C18H23N5O2/c1-6-11(2)23-15-13(18(3,4)16(23)24)10-20-17(22-15)21-12-7-8-14(25-5)19-9-12/h7-11H,6H2,1-5H3,(H,20,21,22)/t11-/m0/s1. The Labute approximate surface area is 147 Å². The van der Waals surface area contributed by atoms with Gasteiger partial charge in [0.05, 0.1) is 24.4 Å². The lowest BCUT2D eigenvalue weighted by atomic mass is 9.88. The van der Waals surface area contributed by atoms with E-state index in [0.717, 1.165) is 17.7 Å². The minimum atomic E-state index is -0.612. The van der Waals surface area contributed by atoms with Crippen LogP contribution in [0.15, 0.2) is 24.5 Å². The summed E-state index contributed by atoms with van der Waals surface area (Å²) >= 11 is 0. The third kappa shape index (κ3) is 2.90. The van der Waals surface area contributed by atoms with Gasteiger partial charge in [-0.25, -0.2) is 9.97 Å². The third-order valence-corrected chi connectivity index (χ3v) is 4.66. The van der Waals surface area contributed by atoms with Gasteiger partial charge in [0.1, 0.15) is 5.82 Å². The number of carbonyl (C=O) groups is 1. The molecular weight excluding hydrogens is 318 g/mol. The Morgan fingerprint density at radius 3 is 2.64 bits per heavy atom. The molecule has 2 aromatic rings. The molecule has 1 atom stereocenters. The summed E-state index contributed by atoms with van der Waals surface area (Å²) < 4.78 is 5.05. The Morgan fingerprint density at radius 1 is 1.28 bits per heavy atom. The third-order valence-electron chi connectivity index (χ3n) is 4.66. The van der Waals surface area contributed by atoms with Crippen molar-refractivity contribution in [2.45, 2.75) is 45.6 Å². The molecule has 3 heterocycles. The van der Waals surface area contributed by atoms with Gasteiger partial charge in [-0.05, 0) is 33.3 Å². The van der Waals surface area contributed by atoms with Gasteiger partial charge in [-0.2, -0.15) is 4.98 Å². The summed E-state index contributed by atoms with van der Waals surface area (Å²) in [7, 11) is 1.57. The highest BCUT2D eigenvalue weighted by atomic mass is 16.5. The van der Waals surface area contributed by atoms with Crippen molar-refractivity contribution in [3.63, 3.8) is 0 Å². The lowest BCUT2D eigenvalue weighted by Gasteiger charge is -2.25. The van der Waals surface area contributed by atoms with Crippen LogP contribution in [0.4, 0.5) is 17.5 Å². The summed E-state index contributed by atoms with van der Waals surface area (Å²) in [6, 6.07) is 3.68. The van der Waals surface area contributed by atoms with Crippen molar-refractivity contribution >= 4 is 23.4 Å². The van der Waals surface area contributed by atoms with E-state index in [0.29, 0.717) is 17.6 Å². The maximum Gasteiger partial charge on any atom is 0.238 e. The van der Waals surface area contributed by atoms with Crippen LogP contribution in [0.2, 0.25) is 0 Å². The highest BCUT2D eigenvalue weighted by molar-refractivity contribution is 6.07. The van der Waals surface area contributed by atoms with E-state index in [2.05, 4.69) is 27.2 Å². The van der Waals surface area contributed by atoms with Crippen LogP contribution >= 0.6 is 0 Å². The number of methoxy groups -OCH3 is 1. The molecule has 0 aromatic carbocycles. The number of pyridine rings is 1. The minimum Gasteiger partial charge on any atom is -0.481 e. The second-order valence-corrected chi connectivity index (χ2v) is 6.70. The fourth-order valence-electron chi connectivity index (χ4n) is 2.87. The summed E-state index contributed by atoms with van der Waals surface area (Å²) in [5, 5.41) is 3.13. The van der Waals surface area contributed by atoms with E-state index in [1.807, 2.05) is 26.8 Å². The first-order chi connectivity index (χ1) is 11.9. The highest BCUT2D eigenvalue weighted by Crippen LogP contribution is 2.41. The second kappa shape index (κ2) is 6.31. The van der Waals surface area contributed by atoms with E-state index in [4.69, 9.17) is 4.74 Å². The molecule has 7 heteroatoms. The van der Waals surface area contributed by atoms with E-state index in [1.165, 1.54) is 0 Å². The van der Waals surface area contributed by atoms with Crippen LogP contribution in [-0.2, 0) is 10.2 Å². The quantitative estimate of drug-likeness (QED) is 0.900. The van der Waals surface area contributed by atoms with Crippen LogP contribution in [0, 0.1) is 0 Å². The molecule has 0 aliphatic carbocycles. The van der Waals surface area contributed by atoms with E-state index >= 15 is 0 Å². The molecule has 132 valence electrons. The zero-order chi connectivity index (χ0) is 18.2. The lowest BCUT2D eigenvalue weighted by Crippen LogP contribution is -2.41. The van der Waals surface area contributed by atoms with Gasteiger partial charge < -0.3 is 10.1 Å². The summed E-state index contributed by atoms with van der Waals surface area (Å²) in [4.78, 5) is 27.8. The Bertz CT molecular complexity index is 789. The highest BCUT2D eigenvalue weighted by Gasteiger charge is 2.46. The van der Waals surface area contributed by atoms with Crippen molar-refractivity contribution in [3.8, 4) is 5.88 Å². The van der Waals surface area contributed by atoms with Gasteiger partial charge in [-0.1, -0.05) is 6.92 Å². The first kappa shape index (κ1) is 17.1. The number of carbonyl (C=O) groups excluding carboxylic acids is 1. The molecule has 0 radical (unpaired) electrons. The fourth-order valence-corrected chi connectivity index (χ4v) is 2.87. The molecule has 0 saturated carbocycles. The molecule has 1 amide bonds. The van der Waals surface area contributed by atoms with Crippen LogP contribution < -0.4 is 15.0 Å². The predicted molar refractivity (Wildman–Crippen MR) is 96.4 cm³/mol. The molecular formula is C18H23N5O2. The first-order valence-corrected chi connectivity index (χ1v) is 8.36. The average Bonchev–Trinajstić information content (AvgIpc) is 2.81. The van der Waals surface area contributed by atoms with Crippen LogP contribution in [0.25, 0.3) is 0 Å². The number of fused-ring (bicyclic) bond motifs is 1. The van der Waals surface area contributed by atoms with Crippen molar-refractivity contribution in [2.24, 2.45) is 0 Å². The number of ether oxygens (including phenoxy) is 1. The Kier molecular flexibility index (Phi) is 4.32. The van der Waals surface area contributed by atoms with Crippen LogP contribution in [0.5, 0.6) is 5.88 Å². The molecule has 0 fully saturated rings. The molecule has 2 aromatic heterocycles. The van der Waals surface area contributed by atoms with Gasteiger partial charge in [0, 0.05) is 23.9 Å². The number of hydrogen-bond acceptors (Lipinski definition) is 6. The molecule has 1 N–H and O–H groups in total. The summed E-state index contributed by atoms with van der Waals surface area (Å²) in [6.45, 7) is 7.93. The zero-order valence-corrected chi connectivity index (χ0v) is 15.2. The number of anilines is 3. The normalized spacial score (nSPS) is 16.5. The largest absolute Gasteiger partial charge is 0.481 e. The molecule has 3 rings (SSSR count). The number of nitrogens with one attached hydrogen (secondary N) is 1. The van der Waals surface area contributed by atoms with Gasteiger partial charge in [-0.15, -0.1) is 0 Å². The molecule has 1 aliphatic rings. The van der Waals surface area contributed by atoms with Crippen molar-refractivity contribution in [3.05, 3.63) is 30.1 Å². The summed E-state index contributed by atoms with van der Waals surface area (Å²) in [5.74, 6) is 1.72. The maximum atomic E-state index is 12.8. The van der Waals surface area contributed by atoms with Crippen LogP contribution in [-0.4, -0.2) is 34.0 Å². The average molecular weight is 341 g/mol. The zero-order valence-electron chi connectivity index (χ0n) is 15.2.